The topological polar surface area (TPSA) is 50.4 Å². The van der Waals surface area contributed by atoms with E-state index in [-0.39, 0.29) is 12.0 Å². The summed E-state index contributed by atoms with van der Waals surface area (Å²) in [6, 6.07) is 18.3. The number of carbonyl (C=O) groups is 1. The van der Waals surface area contributed by atoms with Crippen molar-refractivity contribution in [2.45, 2.75) is 50.1 Å². The Bertz CT molecular complexity index is 808. The number of amides is 1. The quantitative estimate of drug-likeness (QED) is 0.811. The van der Waals surface area contributed by atoms with Crippen molar-refractivity contribution in [3.05, 3.63) is 59.7 Å². The predicted octanol–water partition coefficient (Wildman–Crippen LogP) is 4.45. The predicted molar refractivity (Wildman–Crippen MR) is 110 cm³/mol. The van der Waals surface area contributed by atoms with Gasteiger partial charge < -0.3 is 15.4 Å². The molecule has 1 amide bonds. The highest BCUT2D eigenvalue weighted by atomic mass is 16.5. The molecule has 5 rings (SSSR count). The third-order valence-corrected chi connectivity index (χ3v) is 6.74. The summed E-state index contributed by atoms with van der Waals surface area (Å²) < 4.78 is 5.62. The van der Waals surface area contributed by atoms with Gasteiger partial charge in [-0.05, 0) is 60.3 Å². The minimum Gasteiger partial charge on any atom is -0.449 e. The van der Waals surface area contributed by atoms with E-state index in [0.29, 0.717) is 25.2 Å². The minimum absolute atomic E-state index is 0.123. The number of fused-ring (bicyclic) bond motifs is 5. The molecule has 2 heterocycles. The van der Waals surface area contributed by atoms with Gasteiger partial charge in [-0.1, -0.05) is 48.5 Å². The third-order valence-electron chi connectivity index (χ3n) is 6.74. The number of hydrogen-bond acceptors (Lipinski definition) is 3. The van der Waals surface area contributed by atoms with Gasteiger partial charge in [0, 0.05) is 24.5 Å². The Hall–Kier alpha value is -2.33. The van der Waals surface area contributed by atoms with Gasteiger partial charge in [0.25, 0.3) is 0 Å². The first-order valence-electron chi connectivity index (χ1n) is 10.6. The van der Waals surface area contributed by atoms with Gasteiger partial charge in [-0.2, -0.15) is 0 Å². The zero-order chi connectivity index (χ0) is 18.9. The molecule has 0 aromatic heterocycles. The van der Waals surface area contributed by atoms with Crippen LogP contribution in [0.3, 0.4) is 0 Å². The van der Waals surface area contributed by atoms with Crippen molar-refractivity contribution < 1.29 is 9.53 Å². The smallest absolute Gasteiger partial charge is 0.407 e. The number of carbonyl (C=O) groups excluding carboxylic acids is 1. The summed E-state index contributed by atoms with van der Waals surface area (Å²) in [5.41, 5.74) is 5.02. The monoisotopic (exact) mass is 376 g/mol. The van der Waals surface area contributed by atoms with Crippen LogP contribution >= 0.6 is 0 Å². The largest absolute Gasteiger partial charge is 0.449 e. The zero-order valence-corrected chi connectivity index (χ0v) is 16.2. The van der Waals surface area contributed by atoms with Crippen LogP contribution in [0.5, 0.6) is 0 Å². The second-order valence-electron chi connectivity index (χ2n) is 8.52. The lowest BCUT2D eigenvalue weighted by Gasteiger charge is -2.29. The maximum absolute atomic E-state index is 12.3. The molecule has 28 heavy (non-hydrogen) atoms. The van der Waals surface area contributed by atoms with Crippen LogP contribution in [-0.2, 0) is 4.74 Å². The molecule has 2 N–H and O–H groups in total. The van der Waals surface area contributed by atoms with Gasteiger partial charge in [-0.15, -0.1) is 0 Å². The molecule has 1 aliphatic carbocycles. The zero-order valence-electron chi connectivity index (χ0n) is 16.2. The number of ether oxygens (including phenoxy) is 1. The van der Waals surface area contributed by atoms with Crippen LogP contribution in [-0.4, -0.2) is 31.3 Å². The fraction of sp³-hybridized carbons (Fsp3) is 0.458. The minimum atomic E-state index is -0.293. The van der Waals surface area contributed by atoms with Gasteiger partial charge in [0.15, 0.2) is 0 Å². The molecule has 0 spiro atoms. The molecule has 4 nitrogen and oxygen atoms in total. The van der Waals surface area contributed by atoms with Crippen LogP contribution in [0.4, 0.5) is 4.79 Å². The first kappa shape index (κ1) is 17.7. The van der Waals surface area contributed by atoms with E-state index in [1.54, 1.807) is 0 Å². The Morgan fingerprint density at radius 1 is 0.964 bits per heavy atom. The normalized spacial score (nSPS) is 25.2. The van der Waals surface area contributed by atoms with Crippen LogP contribution in [0, 0.1) is 5.92 Å². The summed E-state index contributed by atoms with van der Waals surface area (Å²) in [5.74, 6) is 0.853. The van der Waals surface area contributed by atoms with Crippen molar-refractivity contribution in [1.82, 2.24) is 10.6 Å². The van der Waals surface area contributed by atoms with Gasteiger partial charge in [-0.3, -0.25) is 0 Å². The highest BCUT2D eigenvalue weighted by Crippen LogP contribution is 2.44. The molecule has 4 heteroatoms. The molecule has 2 aliphatic heterocycles. The van der Waals surface area contributed by atoms with E-state index in [9.17, 15) is 4.79 Å². The van der Waals surface area contributed by atoms with Gasteiger partial charge in [0.2, 0.25) is 0 Å². The number of piperidine rings is 1. The average molecular weight is 377 g/mol. The first-order valence-corrected chi connectivity index (χ1v) is 10.6. The lowest BCUT2D eigenvalue weighted by Crippen LogP contribution is -2.39. The Morgan fingerprint density at radius 2 is 1.57 bits per heavy atom. The van der Waals surface area contributed by atoms with Gasteiger partial charge in [-0.25, -0.2) is 4.79 Å². The number of alkyl carbamates (subject to hydrolysis) is 1. The van der Waals surface area contributed by atoms with E-state index in [1.807, 2.05) is 0 Å². The Balaban J connectivity index is 1.14. The molecule has 146 valence electrons. The maximum atomic E-state index is 12.3. The van der Waals surface area contributed by atoms with Crippen LogP contribution in [0.25, 0.3) is 11.1 Å². The molecule has 2 unspecified atom stereocenters. The third kappa shape index (κ3) is 3.42. The van der Waals surface area contributed by atoms with E-state index >= 15 is 0 Å². The highest BCUT2D eigenvalue weighted by molar-refractivity contribution is 5.79. The first-order chi connectivity index (χ1) is 13.8. The van der Waals surface area contributed by atoms with Crippen molar-refractivity contribution >= 4 is 6.09 Å². The summed E-state index contributed by atoms with van der Waals surface area (Å²) in [5, 5.41) is 6.65. The molecule has 3 aliphatic rings. The summed E-state index contributed by atoms with van der Waals surface area (Å²) in [6.07, 6.45) is 5.91. The molecule has 2 aromatic carbocycles. The molecule has 2 fully saturated rings. The van der Waals surface area contributed by atoms with Crippen molar-refractivity contribution in [2.24, 2.45) is 5.92 Å². The fourth-order valence-electron chi connectivity index (χ4n) is 5.44. The van der Waals surface area contributed by atoms with Crippen molar-refractivity contribution in [3.8, 4) is 11.1 Å². The maximum Gasteiger partial charge on any atom is 0.407 e. The van der Waals surface area contributed by atoms with E-state index in [1.165, 1.54) is 47.9 Å². The number of benzene rings is 2. The number of hydrogen-bond donors (Lipinski definition) is 2. The molecule has 2 saturated heterocycles. The molecule has 2 bridgehead atoms. The molecule has 2 aromatic rings. The van der Waals surface area contributed by atoms with E-state index in [2.05, 4.69) is 59.2 Å². The van der Waals surface area contributed by atoms with Gasteiger partial charge in [0.1, 0.15) is 6.61 Å². The number of nitrogens with one attached hydrogen (secondary N) is 2. The lowest BCUT2D eigenvalue weighted by atomic mass is 9.90. The Labute approximate surface area is 166 Å². The summed E-state index contributed by atoms with van der Waals surface area (Å²) >= 11 is 0. The summed E-state index contributed by atoms with van der Waals surface area (Å²) in [6.45, 7) is 1.10. The number of rotatable bonds is 5. The van der Waals surface area contributed by atoms with E-state index in [4.69, 9.17) is 4.74 Å². The van der Waals surface area contributed by atoms with Crippen LogP contribution in [0.15, 0.2) is 48.5 Å². The highest BCUT2D eigenvalue weighted by Gasteiger charge is 2.33. The van der Waals surface area contributed by atoms with E-state index < -0.39 is 0 Å². The summed E-state index contributed by atoms with van der Waals surface area (Å²) in [4.78, 5) is 12.3. The van der Waals surface area contributed by atoms with Crippen molar-refractivity contribution in [2.75, 3.05) is 13.2 Å². The Morgan fingerprint density at radius 3 is 2.21 bits per heavy atom. The molecule has 0 saturated carbocycles. The van der Waals surface area contributed by atoms with Crippen molar-refractivity contribution in [1.29, 1.82) is 0 Å². The van der Waals surface area contributed by atoms with Crippen LogP contribution < -0.4 is 10.6 Å². The van der Waals surface area contributed by atoms with Crippen molar-refractivity contribution in [3.63, 3.8) is 0 Å². The SMILES string of the molecule is O=C(NCCC1CC2CCC(C1)N2)OCC1c2ccccc2-c2ccccc21. The fourth-order valence-corrected chi connectivity index (χ4v) is 5.44. The summed E-state index contributed by atoms with van der Waals surface area (Å²) in [7, 11) is 0. The lowest BCUT2D eigenvalue weighted by molar-refractivity contribution is 0.142. The molecular weight excluding hydrogens is 348 g/mol. The molecule has 0 radical (unpaired) electrons. The average Bonchev–Trinajstić information content (AvgIpc) is 3.23. The standard InChI is InChI=1S/C24H28N2O2/c27-24(25-12-11-16-13-17-9-10-18(14-16)26-17)28-15-23-21-7-3-1-5-19(21)20-6-2-4-8-22(20)23/h1-8,16-18,23,26H,9-15H2,(H,25,27). The molecule has 2 atom stereocenters. The Kier molecular flexibility index (Phi) is 4.81. The van der Waals surface area contributed by atoms with E-state index in [0.717, 1.165) is 12.3 Å². The molecular formula is C24H28N2O2. The van der Waals surface area contributed by atoms with Crippen LogP contribution in [0.2, 0.25) is 0 Å². The van der Waals surface area contributed by atoms with Crippen LogP contribution in [0.1, 0.15) is 49.1 Å². The second-order valence-corrected chi connectivity index (χ2v) is 8.52. The van der Waals surface area contributed by atoms with Gasteiger partial charge in [0.05, 0.1) is 0 Å². The van der Waals surface area contributed by atoms with Gasteiger partial charge >= 0.3 is 6.09 Å². The second kappa shape index (κ2) is 7.59.